The lowest BCUT2D eigenvalue weighted by Gasteiger charge is -2.03. The lowest BCUT2D eigenvalue weighted by atomic mass is 10.2. The van der Waals surface area contributed by atoms with Gasteiger partial charge in [-0.2, -0.15) is 5.10 Å². The van der Waals surface area contributed by atoms with E-state index in [1.807, 2.05) is 37.4 Å². The molecule has 2 aromatic rings. The molecule has 0 unspecified atom stereocenters. The molecule has 1 aromatic carbocycles. The van der Waals surface area contributed by atoms with Gasteiger partial charge < -0.3 is 5.32 Å². The van der Waals surface area contributed by atoms with Crippen LogP contribution in [0.2, 0.25) is 0 Å². The van der Waals surface area contributed by atoms with Crippen molar-refractivity contribution in [2.24, 2.45) is 5.10 Å². The molecule has 0 aliphatic heterocycles. The van der Waals surface area contributed by atoms with Crippen molar-refractivity contribution in [3.05, 3.63) is 51.7 Å². The minimum Gasteiger partial charge on any atom is -0.318 e. The van der Waals surface area contributed by atoms with E-state index >= 15 is 0 Å². The lowest BCUT2D eigenvalue weighted by molar-refractivity contribution is -0.136. The van der Waals surface area contributed by atoms with Gasteiger partial charge in [-0.25, -0.2) is 5.43 Å². The number of nitrogens with one attached hydrogen (secondary N) is 2. The second kappa shape index (κ2) is 6.81. The predicted octanol–water partition coefficient (Wildman–Crippen LogP) is 2.45. The van der Waals surface area contributed by atoms with Crippen molar-refractivity contribution >= 4 is 35.1 Å². The average molecular weight is 301 g/mol. The van der Waals surface area contributed by atoms with Crippen molar-refractivity contribution < 1.29 is 9.59 Å². The molecule has 1 heterocycles. The first kappa shape index (κ1) is 14.9. The van der Waals surface area contributed by atoms with Gasteiger partial charge >= 0.3 is 11.8 Å². The van der Waals surface area contributed by atoms with Crippen molar-refractivity contribution in [3.8, 4) is 0 Å². The summed E-state index contributed by atoms with van der Waals surface area (Å²) in [6.07, 6.45) is 1.52. The molecule has 21 heavy (non-hydrogen) atoms. The van der Waals surface area contributed by atoms with E-state index in [-0.39, 0.29) is 0 Å². The number of carbonyl (C=O) groups is 2. The standard InChI is InChI=1S/C15H15N3O2S/c1-10-3-5-12(6-4-10)17-14(19)15(20)18-16-9-13-11(2)7-8-21-13/h3-9H,1-2H3,(H,17,19)(H,18,20). The molecular formula is C15H15N3O2S. The van der Waals surface area contributed by atoms with Crippen LogP contribution >= 0.6 is 11.3 Å². The molecule has 0 saturated carbocycles. The summed E-state index contributed by atoms with van der Waals surface area (Å²) in [5.74, 6) is -1.56. The van der Waals surface area contributed by atoms with Crippen LogP contribution in [0.15, 0.2) is 40.8 Å². The third kappa shape index (κ3) is 4.25. The summed E-state index contributed by atoms with van der Waals surface area (Å²) in [5, 5.41) is 8.21. The first-order chi connectivity index (χ1) is 10.1. The van der Waals surface area contributed by atoms with Crippen molar-refractivity contribution in [1.29, 1.82) is 0 Å². The van der Waals surface area contributed by atoms with Gasteiger partial charge in [0.25, 0.3) is 0 Å². The molecular weight excluding hydrogens is 286 g/mol. The summed E-state index contributed by atoms with van der Waals surface area (Å²) in [5.41, 5.74) is 4.92. The summed E-state index contributed by atoms with van der Waals surface area (Å²) in [4.78, 5) is 24.2. The zero-order chi connectivity index (χ0) is 15.2. The molecule has 0 atom stereocenters. The SMILES string of the molecule is Cc1ccc(NC(=O)C(=O)NN=Cc2sccc2C)cc1. The molecule has 0 saturated heterocycles. The number of hydrogen-bond donors (Lipinski definition) is 2. The maximum Gasteiger partial charge on any atom is 0.329 e. The molecule has 108 valence electrons. The van der Waals surface area contributed by atoms with E-state index in [1.54, 1.807) is 12.1 Å². The number of hydrazone groups is 1. The second-order valence-corrected chi connectivity index (χ2v) is 5.43. The van der Waals surface area contributed by atoms with Gasteiger partial charge in [0, 0.05) is 10.6 Å². The summed E-state index contributed by atoms with van der Waals surface area (Å²) < 4.78 is 0. The summed E-state index contributed by atoms with van der Waals surface area (Å²) in [6, 6.07) is 9.13. The second-order valence-electron chi connectivity index (χ2n) is 4.49. The number of benzene rings is 1. The molecule has 2 N–H and O–H groups in total. The Kier molecular flexibility index (Phi) is 4.84. The molecule has 2 rings (SSSR count). The highest BCUT2D eigenvalue weighted by Gasteiger charge is 2.12. The van der Waals surface area contributed by atoms with Crippen LogP contribution in [0.5, 0.6) is 0 Å². The Morgan fingerprint density at radius 1 is 1.10 bits per heavy atom. The highest BCUT2D eigenvalue weighted by Crippen LogP contribution is 2.12. The minimum atomic E-state index is -0.805. The Hall–Kier alpha value is -2.47. The molecule has 5 nitrogen and oxygen atoms in total. The number of nitrogens with zero attached hydrogens (tertiary/aromatic N) is 1. The van der Waals surface area contributed by atoms with Crippen molar-refractivity contribution in [2.75, 3.05) is 5.32 Å². The van der Waals surface area contributed by atoms with Crippen molar-refractivity contribution in [2.45, 2.75) is 13.8 Å². The van der Waals surface area contributed by atoms with Crippen LogP contribution in [-0.2, 0) is 9.59 Å². The summed E-state index contributed by atoms with van der Waals surface area (Å²) in [6.45, 7) is 3.89. The Morgan fingerprint density at radius 2 is 1.81 bits per heavy atom. The average Bonchev–Trinajstić information content (AvgIpc) is 2.87. The summed E-state index contributed by atoms with van der Waals surface area (Å²) in [7, 11) is 0. The van der Waals surface area contributed by atoms with Gasteiger partial charge in [0.05, 0.1) is 6.21 Å². The summed E-state index contributed by atoms with van der Waals surface area (Å²) >= 11 is 1.51. The first-order valence-electron chi connectivity index (χ1n) is 6.31. The van der Waals surface area contributed by atoms with Gasteiger partial charge in [-0.05, 0) is 43.0 Å². The lowest BCUT2D eigenvalue weighted by Crippen LogP contribution is -2.32. The fraction of sp³-hybridized carbons (Fsp3) is 0.133. The Balaban J connectivity index is 1.88. The van der Waals surface area contributed by atoms with E-state index in [4.69, 9.17) is 0 Å². The molecule has 0 radical (unpaired) electrons. The van der Waals surface area contributed by atoms with Gasteiger partial charge in [-0.1, -0.05) is 17.7 Å². The fourth-order valence-electron chi connectivity index (χ4n) is 1.54. The number of thiophene rings is 1. The Bertz CT molecular complexity index is 674. The maximum absolute atomic E-state index is 11.7. The molecule has 0 fully saturated rings. The molecule has 0 aliphatic rings. The first-order valence-corrected chi connectivity index (χ1v) is 7.19. The number of anilines is 1. The van der Waals surface area contributed by atoms with Crippen LogP contribution < -0.4 is 10.7 Å². The molecule has 0 spiro atoms. The number of amides is 2. The molecule has 6 heteroatoms. The normalized spacial score (nSPS) is 10.6. The van der Waals surface area contributed by atoms with Gasteiger partial charge in [0.1, 0.15) is 0 Å². The van der Waals surface area contributed by atoms with Crippen LogP contribution in [0.3, 0.4) is 0 Å². The van der Waals surface area contributed by atoms with E-state index < -0.39 is 11.8 Å². The van der Waals surface area contributed by atoms with Gasteiger partial charge in [0.2, 0.25) is 0 Å². The van der Waals surface area contributed by atoms with E-state index in [1.165, 1.54) is 17.6 Å². The molecule has 0 aliphatic carbocycles. The predicted molar refractivity (Wildman–Crippen MR) is 84.6 cm³/mol. The fourth-order valence-corrected chi connectivity index (χ4v) is 2.33. The maximum atomic E-state index is 11.7. The number of rotatable bonds is 3. The zero-order valence-electron chi connectivity index (χ0n) is 11.7. The number of hydrogen-bond acceptors (Lipinski definition) is 4. The molecule has 0 bridgehead atoms. The monoisotopic (exact) mass is 301 g/mol. The van der Waals surface area contributed by atoms with Crippen LogP contribution in [0.25, 0.3) is 0 Å². The largest absolute Gasteiger partial charge is 0.329 e. The van der Waals surface area contributed by atoms with Crippen LogP contribution in [0.4, 0.5) is 5.69 Å². The van der Waals surface area contributed by atoms with Gasteiger partial charge in [-0.3, -0.25) is 9.59 Å². The molecule has 2 amide bonds. The minimum absolute atomic E-state index is 0.568. The van der Waals surface area contributed by atoms with Gasteiger partial charge in [0.15, 0.2) is 0 Å². The van der Waals surface area contributed by atoms with Crippen molar-refractivity contribution in [1.82, 2.24) is 5.43 Å². The van der Waals surface area contributed by atoms with Crippen LogP contribution in [0, 0.1) is 13.8 Å². The Labute approximate surface area is 126 Å². The smallest absolute Gasteiger partial charge is 0.318 e. The molecule has 1 aromatic heterocycles. The quantitative estimate of drug-likeness (QED) is 0.519. The third-order valence-corrected chi connectivity index (χ3v) is 3.72. The van der Waals surface area contributed by atoms with E-state index in [9.17, 15) is 9.59 Å². The highest BCUT2D eigenvalue weighted by atomic mass is 32.1. The third-order valence-electron chi connectivity index (χ3n) is 2.77. The van der Waals surface area contributed by atoms with Crippen molar-refractivity contribution in [3.63, 3.8) is 0 Å². The highest BCUT2D eigenvalue weighted by molar-refractivity contribution is 7.11. The van der Waals surface area contributed by atoms with Crippen LogP contribution in [-0.4, -0.2) is 18.0 Å². The Morgan fingerprint density at radius 3 is 2.43 bits per heavy atom. The topological polar surface area (TPSA) is 70.6 Å². The van der Waals surface area contributed by atoms with E-state index in [0.29, 0.717) is 5.69 Å². The van der Waals surface area contributed by atoms with E-state index in [2.05, 4.69) is 15.8 Å². The van der Waals surface area contributed by atoms with Crippen LogP contribution in [0.1, 0.15) is 16.0 Å². The van der Waals surface area contributed by atoms with E-state index in [0.717, 1.165) is 16.0 Å². The zero-order valence-corrected chi connectivity index (χ0v) is 12.5. The number of aryl methyl sites for hydroxylation is 2. The number of carbonyl (C=O) groups excluding carboxylic acids is 2. The van der Waals surface area contributed by atoms with Gasteiger partial charge in [-0.15, -0.1) is 11.3 Å².